The minimum atomic E-state index is 0.723. The van der Waals surface area contributed by atoms with Crippen molar-refractivity contribution in [3.8, 4) is 11.1 Å². The molecule has 0 N–H and O–H groups in total. The zero-order valence-corrected chi connectivity index (χ0v) is 26.5. The summed E-state index contributed by atoms with van der Waals surface area (Å²) in [5.41, 5.74) is 8.55. The number of rotatable bonds is 2. The zero-order chi connectivity index (χ0) is 32.1. The van der Waals surface area contributed by atoms with Crippen molar-refractivity contribution in [3.05, 3.63) is 169 Å². The first-order valence-electron chi connectivity index (χ1n) is 16.9. The Balaban J connectivity index is 1.18. The maximum atomic E-state index is 6.62. The van der Waals surface area contributed by atoms with Crippen LogP contribution in [0.1, 0.15) is 16.9 Å². The van der Waals surface area contributed by atoms with E-state index in [0.717, 1.165) is 50.7 Å². The van der Waals surface area contributed by atoms with Crippen molar-refractivity contribution in [1.82, 2.24) is 0 Å². The third-order valence-electron chi connectivity index (χ3n) is 10.5. The molecule has 228 valence electrons. The molecule has 2 nitrogen and oxygen atoms in total. The van der Waals surface area contributed by atoms with Crippen LogP contribution in [0.15, 0.2) is 161 Å². The van der Waals surface area contributed by atoms with Crippen LogP contribution in [0.25, 0.3) is 98.8 Å². The van der Waals surface area contributed by atoms with E-state index in [4.69, 9.17) is 8.83 Å². The Morgan fingerprint density at radius 3 is 1.71 bits per heavy atom. The fourth-order valence-corrected chi connectivity index (χ4v) is 8.25. The van der Waals surface area contributed by atoms with E-state index < -0.39 is 0 Å². The Bertz CT molecular complexity index is 3070. The zero-order valence-electron chi connectivity index (χ0n) is 26.5. The summed E-state index contributed by atoms with van der Waals surface area (Å²) in [6.45, 7) is 0. The average Bonchev–Trinajstić information content (AvgIpc) is 3.63. The lowest BCUT2D eigenvalue weighted by molar-refractivity contribution is 0.564. The minimum absolute atomic E-state index is 0.723. The second-order valence-electron chi connectivity index (χ2n) is 13.2. The standard InChI is InChI=1S/C47H28O2/c1-3-13-32-28(10-1)24-38(36-17-7-5-15-34(32)36)30-12-9-19-42-40(26-30)46-44(48-42)22-23-45-47(46)41-27-31(20-21-43(41)49-45)39-25-29-11-2-4-14-33(29)35-16-6-8-18-37(35)39/h1-18,20-27H,19H2. The molecule has 49 heavy (non-hydrogen) atoms. The maximum Gasteiger partial charge on any atom is 0.136 e. The first-order valence-corrected chi connectivity index (χ1v) is 16.9. The van der Waals surface area contributed by atoms with Crippen molar-refractivity contribution >= 4 is 87.6 Å². The molecule has 1 aliphatic rings. The number of furan rings is 2. The number of benzene rings is 8. The van der Waals surface area contributed by atoms with E-state index in [2.05, 4.69) is 158 Å². The highest BCUT2D eigenvalue weighted by molar-refractivity contribution is 6.23. The van der Waals surface area contributed by atoms with Gasteiger partial charge in [-0.2, -0.15) is 0 Å². The van der Waals surface area contributed by atoms with Crippen molar-refractivity contribution in [2.45, 2.75) is 6.42 Å². The lowest BCUT2D eigenvalue weighted by Crippen LogP contribution is -1.87. The molecule has 1 aliphatic carbocycles. The SMILES string of the molecule is C1=CC(c2cc3ccccc3c3ccccc23)=Cc2c(oc3ccc4oc5ccc(-c6cc7ccccc7c7ccccc67)cc5c4c23)C1. The third-order valence-corrected chi connectivity index (χ3v) is 10.5. The molecule has 2 heteroatoms. The van der Waals surface area contributed by atoms with Crippen molar-refractivity contribution < 1.29 is 8.83 Å². The summed E-state index contributed by atoms with van der Waals surface area (Å²) in [7, 11) is 0. The average molecular weight is 625 g/mol. The third kappa shape index (κ3) is 3.89. The molecule has 0 aliphatic heterocycles. The number of allylic oxidation sites excluding steroid dienone is 3. The van der Waals surface area contributed by atoms with Crippen LogP contribution in [0.5, 0.6) is 0 Å². The van der Waals surface area contributed by atoms with Crippen molar-refractivity contribution in [3.63, 3.8) is 0 Å². The molecule has 2 heterocycles. The summed E-state index contributed by atoms with van der Waals surface area (Å²) in [5, 5.41) is 13.4. The van der Waals surface area contributed by atoms with E-state index in [9.17, 15) is 0 Å². The monoisotopic (exact) mass is 624 g/mol. The summed E-state index contributed by atoms with van der Waals surface area (Å²) >= 11 is 0. The highest BCUT2D eigenvalue weighted by Crippen LogP contribution is 2.44. The predicted molar refractivity (Wildman–Crippen MR) is 206 cm³/mol. The van der Waals surface area contributed by atoms with E-state index in [1.54, 1.807) is 0 Å². The predicted octanol–water partition coefficient (Wildman–Crippen LogP) is 13.3. The van der Waals surface area contributed by atoms with Gasteiger partial charge in [0, 0.05) is 28.1 Å². The first-order chi connectivity index (χ1) is 24.3. The van der Waals surface area contributed by atoms with Gasteiger partial charge in [0.2, 0.25) is 0 Å². The molecule has 0 amide bonds. The number of hydrogen-bond acceptors (Lipinski definition) is 2. The second-order valence-corrected chi connectivity index (χ2v) is 13.2. The van der Waals surface area contributed by atoms with Gasteiger partial charge in [-0.05, 0) is 108 Å². The van der Waals surface area contributed by atoms with Crippen molar-refractivity contribution in [2.75, 3.05) is 0 Å². The molecular formula is C47H28O2. The first kappa shape index (κ1) is 26.7. The largest absolute Gasteiger partial charge is 0.460 e. The summed E-state index contributed by atoms with van der Waals surface area (Å²) < 4.78 is 13.2. The van der Waals surface area contributed by atoms with Gasteiger partial charge in [-0.25, -0.2) is 0 Å². The minimum Gasteiger partial charge on any atom is -0.460 e. The molecule has 0 fully saturated rings. The fraction of sp³-hybridized carbons (Fsp3) is 0.0213. The van der Waals surface area contributed by atoms with E-state index in [-0.39, 0.29) is 0 Å². The molecule has 0 spiro atoms. The van der Waals surface area contributed by atoms with Crippen LogP contribution >= 0.6 is 0 Å². The van der Waals surface area contributed by atoms with Gasteiger partial charge in [-0.1, -0.05) is 115 Å². The van der Waals surface area contributed by atoms with Gasteiger partial charge in [0.15, 0.2) is 0 Å². The molecule has 8 aromatic carbocycles. The quantitative estimate of drug-likeness (QED) is 0.179. The van der Waals surface area contributed by atoms with Crippen LogP contribution in [0.3, 0.4) is 0 Å². The lowest BCUT2D eigenvalue weighted by atomic mass is 9.91. The molecular weight excluding hydrogens is 597 g/mol. The molecule has 0 saturated carbocycles. The molecule has 0 saturated heterocycles. The van der Waals surface area contributed by atoms with E-state index >= 15 is 0 Å². The Labute approximate surface area is 281 Å². The van der Waals surface area contributed by atoms with Gasteiger partial charge in [0.1, 0.15) is 22.5 Å². The van der Waals surface area contributed by atoms with E-state index in [1.807, 2.05) is 0 Å². The molecule has 0 radical (unpaired) electrons. The van der Waals surface area contributed by atoms with E-state index in [1.165, 1.54) is 65.4 Å². The van der Waals surface area contributed by atoms with Crippen LogP contribution in [-0.4, -0.2) is 0 Å². The van der Waals surface area contributed by atoms with Gasteiger partial charge < -0.3 is 8.83 Å². The molecule has 0 atom stereocenters. The smallest absolute Gasteiger partial charge is 0.136 e. The number of hydrogen-bond donors (Lipinski definition) is 0. The van der Waals surface area contributed by atoms with Gasteiger partial charge in [-0.3, -0.25) is 0 Å². The summed E-state index contributed by atoms with van der Waals surface area (Å²) in [5.74, 6) is 0.977. The number of fused-ring (bicyclic) bond motifs is 13. The molecule has 0 unspecified atom stereocenters. The Morgan fingerprint density at radius 1 is 0.429 bits per heavy atom. The van der Waals surface area contributed by atoms with Crippen LogP contribution in [0.4, 0.5) is 0 Å². The van der Waals surface area contributed by atoms with Crippen LogP contribution in [0.2, 0.25) is 0 Å². The highest BCUT2D eigenvalue weighted by Gasteiger charge is 2.22. The van der Waals surface area contributed by atoms with Gasteiger partial charge in [-0.15, -0.1) is 0 Å². The van der Waals surface area contributed by atoms with Crippen LogP contribution < -0.4 is 0 Å². The molecule has 2 aromatic heterocycles. The van der Waals surface area contributed by atoms with Gasteiger partial charge >= 0.3 is 0 Å². The van der Waals surface area contributed by atoms with Gasteiger partial charge in [0.25, 0.3) is 0 Å². The Kier molecular flexibility index (Phi) is 5.47. The summed E-state index contributed by atoms with van der Waals surface area (Å²) in [6, 6.07) is 50.2. The Hall–Kier alpha value is -6.38. The Morgan fingerprint density at radius 2 is 1.00 bits per heavy atom. The summed E-state index contributed by atoms with van der Waals surface area (Å²) in [4.78, 5) is 0. The van der Waals surface area contributed by atoms with Crippen LogP contribution in [0, 0.1) is 0 Å². The van der Waals surface area contributed by atoms with Gasteiger partial charge in [0.05, 0.1) is 0 Å². The van der Waals surface area contributed by atoms with Crippen LogP contribution in [-0.2, 0) is 6.42 Å². The normalized spacial score (nSPS) is 13.3. The van der Waals surface area contributed by atoms with E-state index in [0.29, 0.717) is 0 Å². The fourth-order valence-electron chi connectivity index (χ4n) is 8.25. The van der Waals surface area contributed by atoms with Crippen molar-refractivity contribution in [2.24, 2.45) is 0 Å². The summed E-state index contributed by atoms with van der Waals surface area (Å²) in [6.07, 6.45) is 7.55. The molecule has 0 bridgehead atoms. The molecule has 11 rings (SSSR count). The lowest BCUT2D eigenvalue weighted by Gasteiger charge is -2.12. The topological polar surface area (TPSA) is 26.3 Å². The second kappa shape index (κ2) is 10.1. The van der Waals surface area contributed by atoms with Crippen molar-refractivity contribution in [1.29, 1.82) is 0 Å². The molecule has 10 aromatic rings. The maximum absolute atomic E-state index is 6.62. The highest BCUT2D eigenvalue weighted by atomic mass is 16.3.